The highest BCUT2D eigenvalue weighted by Crippen LogP contribution is 2.48. The lowest BCUT2D eigenvalue weighted by Gasteiger charge is -2.57. The van der Waals surface area contributed by atoms with Crippen LogP contribution in [0.15, 0.2) is 29.1 Å². The Hall–Kier alpha value is -2.41. The number of nitrogens with zero attached hydrogens (tertiary/aromatic N) is 4. The Kier molecular flexibility index (Phi) is 5.60. The first-order valence-electron chi connectivity index (χ1n) is 14.4. The largest absolute Gasteiger partial charge is 0.336 e. The number of rotatable bonds is 3. The molecule has 2 saturated carbocycles. The summed E-state index contributed by atoms with van der Waals surface area (Å²) in [6.07, 6.45) is 13.1. The fraction of sp³-hybridized carbons (Fsp3) is 0.690. The number of amides is 2. The molecule has 5 fully saturated rings. The molecule has 2 aromatic rings. The monoisotopic (exact) mass is 489 g/mol. The summed E-state index contributed by atoms with van der Waals surface area (Å²) in [5, 5.41) is 2.83. The molecule has 3 aliphatic heterocycles. The molecular weight excluding hydrogens is 450 g/mol. The number of para-hydroxylation sites is 2. The Morgan fingerprint density at radius 1 is 0.889 bits per heavy atom. The van der Waals surface area contributed by atoms with Crippen molar-refractivity contribution in [2.24, 2.45) is 17.8 Å². The molecule has 3 saturated heterocycles. The summed E-state index contributed by atoms with van der Waals surface area (Å²) in [5.74, 6) is 2.79. The van der Waals surface area contributed by atoms with Crippen molar-refractivity contribution in [2.75, 3.05) is 18.0 Å². The van der Waals surface area contributed by atoms with Crippen LogP contribution in [0, 0.1) is 17.8 Å². The number of benzene rings is 1. The molecule has 7 rings (SSSR count). The van der Waals surface area contributed by atoms with E-state index in [4.69, 9.17) is 4.98 Å². The molecule has 6 atom stereocenters. The predicted molar refractivity (Wildman–Crippen MR) is 141 cm³/mol. The van der Waals surface area contributed by atoms with E-state index in [1.807, 2.05) is 28.8 Å². The summed E-state index contributed by atoms with van der Waals surface area (Å²) in [6, 6.07) is 9.71. The highest BCUT2D eigenvalue weighted by atomic mass is 16.2. The molecule has 1 aromatic heterocycles. The predicted octanol–water partition coefficient (Wildman–Crippen LogP) is 4.70. The molecule has 0 spiro atoms. The smallest absolute Gasteiger partial charge is 0.323 e. The first kappa shape index (κ1) is 22.8. The molecule has 36 heavy (non-hydrogen) atoms. The van der Waals surface area contributed by atoms with Crippen molar-refractivity contribution in [1.29, 1.82) is 0 Å². The van der Waals surface area contributed by atoms with Gasteiger partial charge in [0.15, 0.2) is 0 Å². The van der Waals surface area contributed by atoms with Crippen LogP contribution >= 0.6 is 0 Å². The van der Waals surface area contributed by atoms with Crippen LogP contribution in [0.3, 0.4) is 0 Å². The third kappa shape index (κ3) is 3.68. The van der Waals surface area contributed by atoms with Crippen LogP contribution in [0.25, 0.3) is 11.0 Å². The van der Waals surface area contributed by atoms with Gasteiger partial charge in [-0.3, -0.25) is 14.6 Å². The maximum absolute atomic E-state index is 14.0. The highest BCUT2D eigenvalue weighted by Gasteiger charge is 2.47. The lowest BCUT2D eigenvalue weighted by Crippen LogP contribution is -2.61. The minimum absolute atomic E-state index is 0.109. The van der Waals surface area contributed by atoms with Crippen molar-refractivity contribution in [3.63, 3.8) is 0 Å². The molecule has 192 valence electrons. The molecule has 6 unspecified atom stereocenters. The summed E-state index contributed by atoms with van der Waals surface area (Å²) >= 11 is 0. The van der Waals surface area contributed by atoms with Crippen molar-refractivity contribution in [2.45, 2.75) is 95.3 Å². The number of aromatic nitrogens is 2. The van der Waals surface area contributed by atoms with Gasteiger partial charge in [0, 0.05) is 37.3 Å². The molecular formula is C29H39N5O2. The average Bonchev–Trinajstić information content (AvgIpc) is 3.30. The van der Waals surface area contributed by atoms with E-state index in [1.54, 1.807) is 0 Å². The second kappa shape index (κ2) is 8.86. The first-order chi connectivity index (χ1) is 17.6. The Morgan fingerprint density at radius 2 is 1.69 bits per heavy atom. The Bertz CT molecular complexity index is 1210. The van der Waals surface area contributed by atoms with Gasteiger partial charge < -0.3 is 9.88 Å². The summed E-state index contributed by atoms with van der Waals surface area (Å²) in [5.41, 5.74) is 1.59. The lowest BCUT2D eigenvalue weighted by atomic mass is 9.67. The van der Waals surface area contributed by atoms with Gasteiger partial charge in [0.1, 0.15) is 0 Å². The van der Waals surface area contributed by atoms with Gasteiger partial charge in [-0.05, 0) is 74.8 Å². The normalized spacial score (nSPS) is 36.8. The van der Waals surface area contributed by atoms with Crippen LogP contribution in [0.5, 0.6) is 0 Å². The van der Waals surface area contributed by atoms with Crippen molar-refractivity contribution in [1.82, 2.24) is 19.8 Å². The van der Waals surface area contributed by atoms with Gasteiger partial charge in [0.2, 0.25) is 5.82 Å². The third-order valence-corrected chi connectivity index (χ3v) is 10.3. The van der Waals surface area contributed by atoms with E-state index >= 15 is 0 Å². The van der Waals surface area contributed by atoms with Crippen LogP contribution in [0.1, 0.15) is 77.2 Å². The summed E-state index contributed by atoms with van der Waals surface area (Å²) in [6.45, 7) is 3.48. The molecule has 2 aliphatic carbocycles. The summed E-state index contributed by atoms with van der Waals surface area (Å²) in [4.78, 5) is 35.7. The van der Waals surface area contributed by atoms with Gasteiger partial charge in [0.05, 0.1) is 11.0 Å². The van der Waals surface area contributed by atoms with E-state index < -0.39 is 0 Å². The van der Waals surface area contributed by atoms with Gasteiger partial charge in [-0.25, -0.2) is 9.78 Å². The highest BCUT2D eigenvalue weighted by molar-refractivity contribution is 5.93. The van der Waals surface area contributed by atoms with Crippen LogP contribution in [-0.2, 0) is 0 Å². The molecule has 1 N–H and O–H groups in total. The number of carbonyl (C=O) groups is 1. The van der Waals surface area contributed by atoms with E-state index in [9.17, 15) is 9.59 Å². The molecule has 5 aliphatic rings. The topological polar surface area (TPSA) is 70.5 Å². The lowest BCUT2D eigenvalue weighted by molar-refractivity contribution is -0.0693. The van der Waals surface area contributed by atoms with Crippen molar-refractivity contribution < 1.29 is 4.79 Å². The van der Waals surface area contributed by atoms with E-state index in [-0.39, 0.29) is 23.5 Å². The fourth-order valence-electron chi connectivity index (χ4n) is 8.72. The SMILES string of the molecule is CC1CCC2CC(n3c(=O)c(N4CCNC4=O)nc4ccccc43)CC1N2C1CC2CCCC(C2)C1. The molecule has 0 radical (unpaired) electrons. The number of anilines is 1. The molecule has 1 aromatic carbocycles. The quantitative estimate of drug-likeness (QED) is 0.679. The van der Waals surface area contributed by atoms with Crippen LogP contribution in [-0.4, -0.2) is 51.7 Å². The van der Waals surface area contributed by atoms with Crippen LogP contribution in [0.4, 0.5) is 10.6 Å². The second-order valence-electron chi connectivity index (χ2n) is 12.4. The zero-order valence-corrected chi connectivity index (χ0v) is 21.4. The van der Waals surface area contributed by atoms with Crippen LogP contribution < -0.4 is 15.8 Å². The van der Waals surface area contributed by atoms with Crippen molar-refractivity contribution >= 4 is 22.9 Å². The van der Waals surface area contributed by atoms with Crippen LogP contribution in [0.2, 0.25) is 0 Å². The minimum Gasteiger partial charge on any atom is -0.336 e. The Morgan fingerprint density at radius 3 is 2.47 bits per heavy atom. The molecule has 2 amide bonds. The van der Waals surface area contributed by atoms with E-state index in [0.717, 1.165) is 41.8 Å². The number of piperidine rings is 2. The second-order valence-corrected chi connectivity index (χ2v) is 12.4. The maximum atomic E-state index is 14.0. The van der Waals surface area contributed by atoms with Crippen molar-refractivity contribution in [3.8, 4) is 0 Å². The zero-order chi connectivity index (χ0) is 24.4. The Balaban J connectivity index is 1.26. The van der Waals surface area contributed by atoms with Gasteiger partial charge in [-0.2, -0.15) is 0 Å². The van der Waals surface area contributed by atoms with E-state index in [0.29, 0.717) is 31.1 Å². The molecule has 4 bridgehead atoms. The molecule has 4 heterocycles. The van der Waals surface area contributed by atoms with Crippen molar-refractivity contribution in [3.05, 3.63) is 34.6 Å². The molecule has 7 heteroatoms. The average molecular weight is 490 g/mol. The maximum Gasteiger partial charge on any atom is 0.323 e. The summed E-state index contributed by atoms with van der Waals surface area (Å²) < 4.78 is 2.02. The van der Waals surface area contributed by atoms with E-state index in [1.165, 1.54) is 56.3 Å². The number of hydrogen-bond acceptors (Lipinski definition) is 4. The number of nitrogens with one attached hydrogen (secondary N) is 1. The number of carbonyl (C=O) groups excluding carboxylic acids is 1. The Labute approximate surface area is 213 Å². The summed E-state index contributed by atoms with van der Waals surface area (Å²) in [7, 11) is 0. The molecule has 7 nitrogen and oxygen atoms in total. The first-order valence-corrected chi connectivity index (χ1v) is 14.4. The number of fused-ring (bicyclic) bond motifs is 5. The van der Waals surface area contributed by atoms with Gasteiger partial charge in [-0.1, -0.05) is 38.3 Å². The third-order valence-electron chi connectivity index (χ3n) is 10.3. The minimum atomic E-state index is -0.218. The van der Waals surface area contributed by atoms with E-state index in [2.05, 4.69) is 17.1 Å². The number of hydrogen-bond donors (Lipinski definition) is 1. The van der Waals surface area contributed by atoms with Gasteiger partial charge >= 0.3 is 6.03 Å². The standard InChI is InChI=1S/C29H39N5O2/c1-18-9-10-21-16-23(17-26(18)33(21)22-14-19-5-4-6-20(13-19)15-22)34-25-8-3-2-7-24(25)31-27(28(34)35)32-12-11-30-29(32)36/h2-3,7-8,18-23,26H,4-6,9-17H2,1H3,(H,30,36). The van der Waals surface area contributed by atoms with Gasteiger partial charge in [0.25, 0.3) is 5.56 Å². The number of urea groups is 1. The fourth-order valence-corrected chi connectivity index (χ4v) is 8.72. The zero-order valence-electron chi connectivity index (χ0n) is 21.4. The van der Waals surface area contributed by atoms with Gasteiger partial charge in [-0.15, -0.1) is 0 Å².